The van der Waals surface area contributed by atoms with Crippen LogP contribution in [0.5, 0.6) is 0 Å². The molecule has 0 aromatic heterocycles. The van der Waals surface area contributed by atoms with E-state index in [0.29, 0.717) is 6.42 Å². The number of alkyl halides is 3. The smallest absolute Gasteiger partial charge is 0.351 e. The normalized spacial score (nSPS) is 21.5. The van der Waals surface area contributed by atoms with E-state index in [2.05, 4.69) is 26.1 Å². The highest BCUT2D eigenvalue weighted by molar-refractivity contribution is 5.83. The summed E-state index contributed by atoms with van der Waals surface area (Å²) in [5, 5.41) is 3.01. The molecule has 5 heteroatoms. The van der Waals surface area contributed by atoms with Crippen LogP contribution in [0.2, 0.25) is 0 Å². The van der Waals surface area contributed by atoms with Crippen LogP contribution in [0.1, 0.15) is 64.5 Å². The molecule has 0 aliphatic heterocycles. The lowest BCUT2D eigenvalue weighted by Crippen LogP contribution is -2.46. The maximum atomic E-state index is 13.1. The lowest BCUT2D eigenvalue weighted by atomic mass is 9.81. The van der Waals surface area contributed by atoms with E-state index in [-0.39, 0.29) is 34.3 Å². The average Bonchev–Trinajstić information content (AvgIpc) is 3.14. The van der Waals surface area contributed by atoms with E-state index in [1.165, 1.54) is 12.1 Å². The van der Waals surface area contributed by atoms with Crippen LogP contribution < -0.4 is 5.32 Å². The highest BCUT2D eigenvalue weighted by Crippen LogP contribution is 2.51. The molecule has 0 saturated heterocycles. The van der Waals surface area contributed by atoms with Crippen LogP contribution in [-0.2, 0) is 11.0 Å². The second-order valence-corrected chi connectivity index (χ2v) is 8.64. The van der Waals surface area contributed by atoms with E-state index < -0.39 is 11.7 Å². The zero-order valence-electron chi connectivity index (χ0n) is 14.9. The SMILES string of the molecule is CC(C)(C)CC(C)(C)NC(=O)C1CC1c1ccccc1C(F)(F)F. The third kappa shape index (κ3) is 4.74. The number of amides is 1. The number of rotatable bonds is 4. The van der Waals surface area contributed by atoms with Gasteiger partial charge in [-0.3, -0.25) is 4.79 Å². The van der Waals surface area contributed by atoms with E-state index in [1.54, 1.807) is 6.07 Å². The van der Waals surface area contributed by atoms with Gasteiger partial charge in [0.1, 0.15) is 0 Å². The predicted octanol–water partition coefficient (Wildman–Crippen LogP) is 5.14. The van der Waals surface area contributed by atoms with Crippen LogP contribution in [0.4, 0.5) is 13.2 Å². The molecule has 1 amide bonds. The molecule has 1 aromatic carbocycles. The summed E-state index contributed by atoms with van der Waals surface area (Å²) in [6.45, 7) is 10.2. The van der Waals surface area contributed by atoms with E-state index in [4.69, 9.17) is 0 Å². The van der Waals surface area contributed by atoms with Gasteiger partial charge in [-0.15, -0.1) is 0 Å². The first kappa shape index (κ1) is 18.8. The van der Waals surface area contributed by atoms with Gasteiger partial charge in [0.2, 0.25) is 5.91 Å². The Morgan fingerprint density at radius 1 is 1.12 bits per heavy atom. The second kappa shape index (κ2) is 6.08. The van der Waals surface area contributed by atoms with Crippen LogP contribution >= 0.6 is 0 Å². The van der Waals surface area contributed by atoms with Gasteiger partial charge in [0, 0.05) is 11.5 Å². The summed E-state index contributed by atoms with van der Waals surface area (Å²) in [5.74, 6) is -0.854. The zero-order chi connectivity index (χ0) is 18.3. The largest absolute Gasteiger partial charge is 0.416 e. The maximum absolute atomic E-state index is 13.1. The van der Waals surface area contributed by atoms with Gasteiger partial charge in [-0.25, -0.2) is 0 Å². The van der Waals surface area contributed by atoms with Crippen molar-refractivity contribution in [2.75, 3.05) is 0 Å². The molecule has 1 N–H and O–H groups in total. The number of hydrogen-bond acceptors (Lipinski definition) is 1. The van der Waals surface area contributed by atoms with Gasteiger partial charge in [0.25, 0.3) is 0 Å². The van der Waals surface area contributed by atoms with Gasteiger partial charge in [0.15, 0.2) is 0 Å². The Morgan fingerprint density at radius 2 is 1.71 bits per heavy atom. The van der Waals surface area contributed by atoms with Crippen LogP contribution in [0.25, 0.3) is 0 Å². The molecule has 2 atom stereocenters. The van der Waals surface area contributed by atoms with E-state index in [1.807, 2.05) is 13.8 Å². The Bertz CT molecular complexity index is 614. The highest BCUT2D eigenvalue weighted by Gasteiger charge is 2.48. The quantitative estimate of drug-likeness (QED) is 0.807. The number of hydrogen-bond donors (Lipinski definition) is 1. The molecule has 1 aromatic rings. The zero-order valence-corrected chi connectivity index (χ0v) is 14.9. The average molecular weight is 341 g/mol. The number of benzene rings is 1. The monoisotopic (exact) mass is 341 g/mol. The molecule has 0 heterocycles. The first-order valence-corrected chi connectivity index (χ1v) is 8.28. The summed E-state index contributed by atoms with van der Waals surface area (Å²) >= 11 is 0. The summed E-state index contributed by atoms with van der Waals surface area (Å²) in [7, 11) is 0. The molecule has 1 aliphatic carbocycles. The Morgan fingerprint density at radius 3 is 2.25 bits per heavy atom. The molecule has 1 aliphatic rings. The molecule has 2 unspecified atom stereocenters. The van der Waals surface area contributed by atoms with Crippen LogP contribution in [0.3, 0.4) is 0 Å². The van der Waals surface area contributed by atoms with Crippen LogP contribution in [-0.4, -0.2) is 11.4 Å². The Balaban J connectivity index is 2.07. The van der Waals surface area contributed by atoms with Crippen LogP contribution in [0, 0.1) is 11.3 Å². The lowest BCUT2D eigenvalue weighted by Gasteiger charge is -2.33. The van der Waals surface area contributed by atoms with Crippen molar-refractivity contribution >= 4 is 5.91 Å². The standard InChI is InChI=1S/C19H26F3NO/c1-17(2,3)11-18(4,5)23-16(24)14-10-13(14)12-8-6-7-9-15(12)19(20,21)22/h6-9,13-14H,10-11H2,1-5H3,(H,23,24). The van der Waals surface area contributed by atoms with Crippen molar-refractivity contribution in [3.8, 4) is 0 Å². The first-order chi connectivity index (χ1) is 10.8. The molecule has 2 rings (SSSR count). The minimum Gasteiger partial charge on any atom is -0.351 e. The summed E-state index contributed by atoms with van der Waals surface area (Å²) in [6, 6.07) is 5.56. The molecule has 1 saturated carbocycles. The highest BCUT2D eigenvalue weighted by atomic mass is 19.4. The third-order valence-corrected chi connectivity index (χ3v) is 4.23. The molecule has 2 nitrogen and oxygen atoms in total. The Kier molecular flexibility index (Phi) is 4.77. The topological polar surface area (TPSA) is 29.1 Å². The van der Waals surface area contributed by atoms with Crippen molar-refractivity contribution in [2.45, 2.75) is 65.1 Å². The molecular formula is C19H26F3NO. The Labute approximate surface area is 141 Å². The first-order valence-electron chi connectivity index (χ1n) is 8.28. The summed E-state index contributed by atoms with van der Waals surface area (Å²) < 4.78 is 39.4. The van der Waals surface area contributed by atoms with Crippen molar-refractivity contribution in [3.05, 3.63) is 35.4 Å². The Hall–Kier alpha value is -1.52. The molecular weight excluding hydrogens is 315 g/mol. The van der Waals surface area contributed by atoms with Crippen LogP contribution in [0.15, 0.2) is 24.3 Å². The molecule has 1 fully saturated rings. The lowest BCUT2D eigenvalue weighted by molar-refractivity contribution is -0.138. The fourth-order valence-corrected chi connectivity index (χ4v) is 3.70. The second-order valence-electron chi connectivity index (χ2n) is 8.64. The van der Waals surface area contributed by atoms with Crippen molar-refractivity contribution in [3.63, 3.8) is 0 Å². The number of carbonyl (C=O) groups is 1. The van der Waals surface area contributed by atoms with E-state index in [9.17, 15) is 18.0 Å². The minimum absolute atomic E-state index is 0.0582. The molecule has 0 radical (unpaired) electrons. The van der Waals surface area contributed by atoms with Gasteiger partial charge in [-0.05, 0) is 49.7 Å². The minimum atomic E-state index is -4.38. The van der Waals surface area contributed by atoms with Crippen molar-refractivity contribution in [1.29, 1.82) is 0 Å². The summed E-state index contributed by atoms with van der Waals surface area (Å²) in [6.07, 6.45) is -3.11. The van der Waals surface area contributed by atoms with Crippen molar-refractivity contribution in [1.82, 2.24) is 5.32 Å². The maximum Gasteiger partial charge on any atom is 0.416 e. The summed E-state index contributed by atoms with van der Waals surface area (Å²) in [5.41, 5.74) is -0.715. The van der Waals surface area contributed by atoms with Gasteiger partial charge >= 0.3 is 6.18 Å². The molecule has 0 bridgehead atoms. The molecule has 0 spiro atoms. The predicted molar refractivity (Wildman–Crippen MR) is 88.6 cm³/mol. The molecule has 134 valence electrons. The fraction of sp³-hybridized carbons (Fsp3) is 0.632. The van der Waals surface area contributed by atoms with Crippen molar-refractivity contribution in [2.24, 2.45) is 11.3 Å². The number of nitrogens with one attached hydrogen (secondary N) is 1. The van der Waals surface area contributed by atoms with Crippen molar-refractivity contribution < 1.29 is 18.0 Å². The number of carbonyl (C=O) groups excluding carboxylic acids is 1. The summed E-state index contributed by atoms with van der Waals surface area (Å²) in [4.78, 5) is 12.5. The van der Waals surface area contributed by atoms with E-state index in [0.717, 1.165) is 12.5 Å². The van der Waals surface area contributed by atoms with E-state index >= 15 is 0 Å². The third-order valence-electron chi connectivity index (χ3n) is 4.23. The van der Waals surface area contributed by atoms with Gasteiger partial charge in [-0.1, -0.05) is 39.0 Å². The fourth-order valence-electron chi connectivity index (χ4n) is 3.70. The molecule has 24 heavy (non-hydrogen) atoms. The van der Waals surface area contributed by atoms with Gasteiger partial charge in [0.05, 0.1) is 5.56 Å². The number of halogens is 3. The van der Waals surface area contributed by atoms with Gasteiger partial charge in [-0.2, -0.15) is 13.2 Å². The van der Waals surface area contributed by atoms with Gasteiger partial charge < -0.3 is 5.32 Å².